The van der Waals surface area contributed by atoms with Gasteiger partial charge in [0.1, 0.15) is 5.82 Å². The number of halogens is 2. The van der Waals surface area contributed by atoms with E-state index in [1.54, 1.807) is 0 Å². The Morgan fingerprint density at radius 2 is 1.85 bits per heavy atom. The molecule has 0 amide bonds. The van der Waals surface area contributed by atoms with Gasteiger partial charge in [-0.1, -0.05) is 49.7 Å². The van der Waals surface area contributed by atoms with E-state index in [2.05, 4.69) is 24.5 Å². The molecule has 27 heavy (non-hydrogen) atoms. The molecule has 6 heteroatoms. The van der Waals surface area contributed by atoms with Gasteiger partial charge >= 0.3 is 0 Å². The van der Waals surface area contributed by atoms with Crippen LogP contribution in [0.3, 0.4) is 0 Å². The van der Waals surface area contributed by atoms with Gasteiger partial charge in [-0.25, -0.2) is 4.98 Å². The summed E-state index contributed by atoms with van der Waals surface area (Å²) in [5.74, 6) is 1.36. The van der Waals surface area contributed by atoms with E-state index in [4.69, 9.17) is 21.3 Å². The van der Waals surface area contributed by atoms with E-state index in [1.165, 1.54) is 0 Å². The Labute approximate surface area is 171 Å². The van der Waals surface area contributed by atoms with Crippen molar-refractivity contribution >= 4 is 35.0 Å². The quantitative estimate of drug-likeness (QED) is 0.556. The van der Waals surface area contributed by atoms with Crippen molar-refractivity contribution < 1.29 is 9.84 Å². The molecule has 4 nitrogen and oxygen atoms in total. The summed E-state index contributed by atoms with van der Waals surface area (Å²) in [5, 5.41) is 11.2. The van der Waals surface area contributed by atoms with Crippen LogP contribution in [0.25, 0.3) is 11.0 Å². The van der Waals surface area contributed by atoms with E-state index in [0.29, 0.717) is 24.1 Å². The van der Waals surface area contributed by atoms with Crippen LogP contribution in [0.15, 0.2) is 48.5 Å². The van der Waals surface area contributed by atoms with Crippen molar-refractivity contribution in [3.63, 3.8) is 0 Å². The molecule has 0 saturated heterocycles. The third-order valence-electron chi connectivity index (χ3n) is 4.62. The number of hydrogen-bond donors (Lipinski definition) is 1. The Hall–Kier alpha value is -1.59. The molecule has 3 aromatic rings. The number of ether oxygens (including phenoxy) is 1. The fraction of sp³-hybridized carbons (Fsp3) is 0.381. The molecule has 0 aliphatic carbocycles. The molecule has 0 aliphatic rings. The van der Waals surface area contributed by atoms with Crippen LogP contribution in [0.2, 0.25) is 5.02 Å². The van der Waals surface area contributed by atoms with Gasteiger partial charge in [-0.3, -0.25) is 0 Å². The lowest BCUT2D eigenvalue weighted by atomic mass is 10.1. The number of hydrogen-bond acceptors (Lipinski definition) is 3. The number of nitrogens with zero attached hydrogens (tertiary/aromatic N) is 2. The second-order valence-corrected chi connectivity index (χ2v) is 7.11. The molecule has 1 N–H and O–H groups in total. The Balaban J connectivity index is 0.00000261. The van der Waals surface area contributed by atoms with Crippen molar-refractivity contribution in [3.05, 3.63) is 64.9 Å². The first-order valence-corrected chi connectivity index (χ1v) is 9.41. The van der Waals surface area contributed by atoms with Crippen LogP contribution >= 0.6 is 24.0 Å². The van der Waals surface area contributed by atoms with Crippen LogP contribution in [-0.4, -0.2) is 27.4 Å². The van der Waals surface area contributed by atoms with Crippen LogP contribution in [0, 0.1) is 0 Å². The van der Waals surface area contributed by atoms with Gasteiger partial charge in [0.2, 0.25) is 0 Å². The largest absolute Gasteiger partial charge is 0.389 e. The lowest BCUT2D eigenvalue weighted by molar-refractivity contribution is 0.0204. The number of aromatic nitrogens is 2. The van der Waals surface area contributed by atoms with Crippen LogP contribution in [0.1, 0.15) is 37.6 Å². The predicted octanol–water partition coefficient (Wildman–Crippen LogP) is 5.20. The summed E-state index contributed by atoms with van der Waals surface area (Å²) in [6.45, 7) is 5.52. The highest BCUT2D eigenvalue weighted by molar-refractivity contribution is 6.30. The summed E-state index contributed by atoms with van der Waals surface area (Å²) < 4.78 is 7.81. The van der Waals surface area contributed by atoms with Crippen molar-refractivity contribution in [1.29, 1.82) is 0 Å². The first-order valence-electron chi connectivity index (χ1n) is 9.04. The van der Waals surface area contributed by atoms with Gasteiger partial charge in [-0.2, -0.15) is 0 Å². The first-order chi connectivity index (χ1) is 12.6. The molecule has 0 bridgehead atoms. The van der Waals surface area contributed by atoms with E-state index in [9.17, 15) is 5.11 Å². The maximum absolute atomic E-state index is 10.5. The first kappa shape index (κ1) is 21.7. The van der Waals surface area contributed by atoms with Crippen molar-refractivity contribution in [2.45, 2.75) is 45.4 Å². The fourth-order valence-corrected chi connectivity index (χ4v) is 3.13. The Kier molecular flexibility index (Phi) is 8.11. The highest BCUT2D eigenvalue weighted by Crippen LogP contribution is 2.24. The summed E-state index contributed by atoms with van der Waals surface area (Å²) in [6, 6.07) is 15.6. The molecular weight excluding hydrogens is 383 g/mol. The average molecular weight is 409 g/mol. The van der Waals surface area contributed by atoms with Gasteiger partial charge in [0, 0.05) is 10.9 Å². The number of fused-ring (bicyclic) bond motifs is 1. The van der Waals surface area contributed by atoms with Crippen LogP contribution in [-0.2, 0) is 17.9 Å². The van der Waals surface area contributed by atoms with Gasteiger partial charge in [0.05, 0.1) is 36.9 Å². The maximum atomic E-state index is 10.5. The second kappa shape index (κ2) is 10.1. The minimum atomic E-state index is -0.595. The van der Waals surface area contributed by atoms with E-state index < -0.39 is 6.10 Å². The van der Waals surface area contributed by atoms with E-state index >= 15 is 0 Å². The second-order valence-electron chi connectivity index (χ2n) is 6.67. The summed E-state index contributed by atoms with van der Waals surface area (Å²) in [5.41, 5.74) is 3.06. The average Bonchev–Trinajstić information content (AvgIpc) is 3.01. The Bertz CT molecular complexity index is 849. The monoisotopic (exact) mass is 408 g/mol. The Morgan fingerprint density at radius 3 is 2.56 bits per heavy atom. The third-order valence-corrected chi connectivity index (χ3v) is 4.87. The third kappa shape index (κ3) is 5.45. The van der Waals surface area contributed by atoms with Gasteiger partial charge in [-0.15, -0.1) is 12.4 Å². The lowest BCUT2D eigenvalue weighted by Crippen LogP contribution is -2.23. The van der Waals surface area contributed by atoms with Gasteiger partial charge < -0.3 is 14.4 Å². The zero-order valence-electron chi connectivity index (χ0n) is 15.6. The molecule has 0 radical (unpaired) electrons. The summed E-state index contributed by atoms with van der Waals surface area (Å²) in [4.78, 5) is 4.77. The molecule has 0 aliphatic heterocycles. The van der Waals surface area contributed by atoms with Crippen LogP contribution < -0.4 is 0 Å². The number of benzene rings is 2. The van der Waals surface area contributed by atoms with E-state index in [0.717, 1.165) is 28.8 Å². The van der Waals surface area contributed by atoms with Crippen molar-refractivity contribution in [2.75, 3.05) is 6.61 Å². The Morgan fingerprint density at radius 1 is 1.15 bits per heavy atom. The van der Waals surface area contributed by atoms with Crippen LogP contribution in [0.4, 0.5) is 0 Å². The number of aliphatic hydroxyl groups is 1. The number of para-hydroxylation sites is 2. The molecule has 3 rings (SSSR count). The van der Waals surface area contributed by atoms with Crippen molar-refractivity contribution in [1.82, 2.24) is 9.55 Å². The smallest absolute Gasteiger partial charge is 0.112 e. The van der Waals surface area contributed by atoms with Crippen molar-refractivity contribution in [2.24, 2.45) is 0 Å². The standard InChI is InChI=1S/C21H25ClN2O2.ClH/c1-3-15(2)21-23-19-6-4-5-7-20(19)24(21)12-18(25)14-26-13-16-8-10-17(22)11-9-16;/h4-11,15,18,25H,3,12-14H2,1-2H3;1H. The molecule has 146 valence electrons. The predicted molar refractivity (Wildman–Crippen MR) is 113 cm³/mol. The fourth-order valence-electron chi connectivity index (χ4n) is 3.00. The number of rotatable bonds is 8. The minimum absolute atomic E-state index is 0. The topological polar surface area (TPSA) is 47.3 Å². The van der Waals surface area contributed by atoms with Gasteiger partial charge in [0.15, 0.2) is 0 Å². The molecule has 2 unspecified atom stereocenters. The van der Waals surface area contributed by atoms with Crippen molar-refractivity contribution in [3.8, 4) is 0 Å². The lowest BCUT2D eigenvalue weighted by Gasteiger charge is -2.17. The van der Waals surface area contributed by atoms with Gasteiger partial charge in [-0.05, 0) is 36.2 Å². The normalized spacial score (nSPS) is 13.3. The maximum Gasteiger partial charge on any atom is 0.112 e. The SMILES string of the molecule is CCC(C)c1nc2ccccc2n1CC(O)COCc1ccc(Cl)cc1.Cl. The number of imidazole rings is 1. The molecule has 0 saturated carbocycles. The highest BCUT2D eigenvalue weighted by Gasteiger charge is 2.17. The zero-order valence-corrected chi connectivity index (χ0v) is 17.2. The summed E-state index contributed by atoms with van der Waals surface area (Å²) >= 11 is 5.89. The summed E-state index contributed by atoms with van der Waals surface area (Å²) in [7, 11) is 0. The molecule has 2 atom stereocenters. The minimum Gasteiger partial charge on any atom is -0.389 e. The molecule has 1 heterocycles. The molecule has 1 aromatic heterocycles. The molecule has 2 aromatic carbocycles. The van der Waals surface area contributed by atoms with E-state index in [1.807, 2.05) is 42.5 Å². The molecule has 0 fully saturated rings. The number of aliphatic hydroxyl groups excluding tert-OH is 1. The van der Waals surface area contributed by atoms with E-state index in [-0.39, 0.29) is 19.0 Å². The van der Waals surface area contributed by atoms with Gasteiger partial charge in [0.25, 0.3) is 0 Å². The summed E-state index contributed by atoms with van der Waals surface area (Å²) in [6.07, 6.45) is 0.412. The van der Waals surface area contributed by atoms with Crippen LogP contribution in [0.5, 0.6) is 0 Å². The molecule has 0 spiro atoms. The molecular formula is C21H26Cl2N2O2. The highest BCUT2D eigenvalue weighted by atomic mass is 35.5. The zero-order chi connectivity index (χ0) is 18.5.